The van der Waals surface area contributed by atoms with E-state index in [4.69, 9.17) is 15.2 Å². The molecule has 1 heterocycles. The van der Waals surface area contributed by atoms with E-state index in [1.54, 1.807) is 27.0 Å². The number of nitrogens with two attached hydrogens (primary N) is 1. The van der Waals surface area contributed by atoms with Crippen LogP contribution in [-0.4, -0.2) is 35.8 Å². The molecule has 0 bridgehead atoms. The summed E-state index contributed by atoms with van der Waals surface area (Å²) in [6.45, 7) is 5.30. The Hall–Kier alpha value is -2.31. The summed E-state index contributed by atoms with van der Waals surface area (Å²) in [4.78, 5) is 28.0. The zero-order chi connectivity index (χ0) is 17.9. The Morgan fingerprint density at radius 1 is 1.46 bits per heavy atom. The van der Waals surface area contributed by atoms with Crippen LogP contribution in [-0.2, 0) is 14.3 Å². The van der Waals surface area contributed by atoms with Crippen molar-refractivity contribution in [2.45, 2.75) is 51.2 Å². The van der Waals surface area contributed by atoms with Crippen LogP contribution in [0.3, 0.4) is 0 Å². The highest BCUT2D eigenvalue weighted by Crippen LogP contribution is 2.51. The number of nitrogens with one attached hydrogen (secondary N) is 1. The van der Waals surface area contributed by atoms with Gasteiger partial charge in [-0.05, 0) is 57.1 Å². The van der Waals surface area contributed by atoms with Crippen LogP contribution in [0.25, 0.3) is 0 Å². The number of rotatable bonds is 5. The fourth-order valence-electron chi connectivity index (χ4n) is 2.74. The fraction of sp³-hybridized carbons (Fsp3) is 0.588. The molecule has 3 N–H and O–H groups in total. The van der Waals surface area contributed by atoms with Crippen molar-refractivity contribution in [2.24, 2.45) is 5.92 Å². The molecule has 0 aliphatic heterocycles. The first-order chi connectivity index (χ1) is 11.2. The number of hydrogen-bond acceptors (Lipinski definition) is 6. The molecule has 0 aromatic carbocycles. The molecule has 24 heavy (non-hydrogen) atoms. The molecule has 1 aromatic heterocycles. The second kappa shape index (κ2) is 7.07. The van der Waals surface area contributed by atoms with E-state index in [1.165, 1.54) is 7.11 Å². The van der Waals surface area contributed by atoms with E-state index in [-0.39, 0.29) is 11.8 Å². The van der Waals surface area contributed by atoms with Crippen molar-refractivity contribution in [2.75, 3.05) is 12.8 Å². The van der Waals surface area contributed by atoms with Gasteiger partial charge in [0.15, 0.2) is 0 Å². The maximum Gasteiger partial charge on any atom is 0.408 e. The van der Waals surface area contributed by atoms with E-state index in [1.807, 2.05) is 12.1 Å². The molecule has 1 amide bonds. The number of hydrogen-bond donors (Lipinski definition) is 2. The van der Waals surface area contributed by atoms with Crippen LogP contribution in [0, 0.1) is 5.92 Å². The quantitative estimate of drug-likeness (QED) is 0.800. The molecule has 2 rings (SSSR count). The first-order valence-electron chi connectivity index (χ1n) is 7.99. The zero-order valence-corrected chi connectivity index (χ0v) is 14.5. The van der Waals surface area contributed by atoms with Gasteiger partial charge in [0.2, 0.25) is 0 Å². The van der Waals surface area contributed by atoms with Crippen molar-refractivity contribution < 1.29 is 19.1 Å². The predicted molar refractivity (Wildman–Crippen MR) is 89.3 cm³/mol. The maximum atomic E-state index is 12.0. The Balaban J connectivity index is 1.97. The minimum Gasteiger partial charge on any atom is -0.467 e. The Labute approximate surface area is 141 Å². The number of esters is 1. The van der Waals surface area contributed by atoms with E-state index in [0.29, 0.717) is 12.2 Å². The van der Waals surface area contributed by atoms with Crippen molar-refractivity contribution >= 4 is 17.9 Å². The van der Waals surface area contributed by atoms with E-state index >= 15 is 0 Å². The number of carbonyl (C=O) groups excluding carboxylic acids is 2. The lowest BCUT2D eigenvalue weighted by molar-refractivity contribution is -0.143. The lowest BCUT2D eigenvalue weighted by Crippen LogP contribution is -2.44. The minimum atomic E-state index is -0.738. The van der Waals surface area contributed by atoms with Crippen molar-refractivity contribution in [3.63, 3.8) is 0 Å². The molecule has 1 aliphatic rings. The third-order valence-corrected chi connectivity index (χ3v) is 3.91. The van der Waals surface area contributed by atoms with Gasteiger partial charge in [0.05, 0.1) is 7.11 Å². The van der Waals surface area contributed by atoms with E-state index in [0.717, 1.165) is 12.0 Å². The smallest absolute Gasteiger partial charge is 0.408 e. The first kappa shape index (κ1) is 18.0. The molecular formula is C17H25N3O4. The number of alkyl carbamates (subject to hydrolysis) is 1. The molecule has 7 heteroatoms. The SMILES string of the molecule is COC(=O)C(CC1CC1c1cccnc1N)NC(=O)OC(C)(C)C. The average Bonchev–Trinajstić information content (AvgIpc) is 3.23. The summed E-state index contributed by atoms with van der Waals surface area (Å²) in [5.41, 5.74) is 6.26. The zero-order valence-electron chi connectivity index (χ0n) is 14.5. The summed E-state index contributed by atoms with van der Waals surface area (Å²) in [6.07, 6.45) is 2.40. The molecule has 1 aliphatic carbocycles. The number of nitrogen functional groups attached to an aromatic ring is 1. The summed E-state index contributed by atoms with van der Waals surface area (Å²) < 4.78 is 10.00. The first-order valence-corrected chi connectivity index (χ1v) is 7.99. The van der Waals surface area contributed by atoms with E-state index in [2.05, 4.69) is 10.3 Å². The van der Waals surface area contributed by atoms with Crippen molar-refractivity contribution in [1.29, 1.82) is 0 Å². The van der Waals surface area contributed by atoms with Gasteiger partial charge in [-0.25, -0.2) is 14.6 Å². The van der Waals surface area contributed by atoms with Crippen LogP contribution in [0.4, 0.5) is 10.6 Å². The van der Waals surface area contributed by atoms with Gasteiger partial charge in [-0.3, -0.25) is 0 Å². The lowest BCUT2D eigenvalue weighted by atomic mass is 10.1. The third-order valence-electron chi connectivity index (χ3n) is 3.91. The predicted octanol–water partition coefficient (Wildman–Crippen LogP) is 2.22. The molecule has 0 radical (unpaired) electrons. The summed E-state index contributed by atoms with van der Waals surface area (Å²) >= 11 is 0. The van der Waals surface area contributed by atoms with Crippen LogP contribution < -0.4 is 11.1 Å². The van der Waals surface area contributed by atoms with Gasteiger partial charge >= 0.3 is 12.1 Å². The number of nitrogens with zero attached hydrogens (tertiary/aromatic N) is 1. The fourth-order valence-corrected chi connectivity index (χ4v) is 2.74. The van der Waals surface area contributed by atoms with Crippen molar-refractivity contribution in [1.82, 2.24) is 10.3 Å². The molecule has 1 fully saturated rings. The number of methoxy groups -OCH3 is 1. The standard InChI is InChI=1S/C17H25N3O4/c1-17(2,3)24-16(22)20-13(15(21)23-4)9-10-8-12(10)11-6-5-7-19-14(11)18/h5-7,10,12-13H,8-9H2,1-4H3,(H2,18,19)(H,20,22). The number of anilines is 1. The second-order valence-corrected chi connectivity index (χ2v) is 7.04. The molecule has 7 nitrogen and oxygen atoms in total. The molecule has 1 aromatic rings. The van der Waals surface area contributed by atoms with Gasteiger partial charge < -0.3 is 20.5 Å². The monoisotopic (exact) mass is 335 g/mol. The van der Waals surface area contributed by atoms with Crippen LogP contribution >= 0.6 is 0 Å². The Morgan fingerprint density at radius 3 is 2.75 bits per heavy atom. The topological polar surface area (TPSA) is 104 Å². The van der Waals surface area contributed by atoms with Crippen LogP contribution in [0.15, 0.2) is 18.3 Å². The highest BCUT2D eigenvalue weighted by atomic mass is 16.6. The molecule has 1 saturated carbocycles. The minimum absolute atomic E-state index is 0.246. The van der Waals surface area contributed by atoms with E-state index in [9.17, 15) is 9.59 Å². The van der Waals surface area contributed by atoms with Crippen LogP contribution in [0.5, 0.6) is 0 Å². The largest absolute Gasteiger partial charge is 0.467 e. The third kappa shape index (κ3) is 4.84. The number of amides is 1. The number of aromatic nitrogens is 1. The Kier molecular flexibility index (Phi) is 5.31. The van der Waals surface area contributed by atoms with Gasteiger partial charge in [-0.15, -0.1) is 0 Å². The lowest BCUT2D eigenvalue weighted by Gasteiger charge is -2.22. The van der Waals surface area contributed by atoms with Crippen molar-refractivity contribution in [3.8, 4) is 0 Å². The molecule has 0 saturated heterocycles. The normalized spacial score (nSPS) is 20.8. The Morgan fingerprint density at radius 2 is 2.17 bits per heavy atom. The highest BCUT2D eigenvalue weighted by Gasteiger charge is 2.43. The van der Waals surface area contributed by atoms with Gasteiger partial charge in [0.25, 0.3) is 0 Å². The van der Waals surface area contributed by atoms with Gasteiger partial charge in [0.1, 0.15) is 17.5 Å². The summed E-state index contributed by atoms with van der Waals surface area (Å²) in [6, 6.07) is 3.05. The Bertz CT molecular complexity index is 612. The van der Waals surface area contributed by atoms with Gasteiger partial charge in [-0.1, -0.05) is 6.07 Å². The van der Waals surface area contributed by atoms with E-state index < -0.39 is 23.7 Å². The van der Waals surface area contributed by atoms with Crippen molar-refractivity contribution in [3.05, 3.63) is 23.9 Å². The molecular weight excluding hydrogens is 310 g/mol. The number of pyridine rings is 1. The number of ether oxygens (including phenoxy) is 2. The number of carbonyl (C=O) groups is 2. The maximum absolute atomic E-state index is 12.0. The van der Waals surface area contributed by atoms with Gasteiger partial charge in [0, 0.05) is 6.20 Å². The summed E-state index contributed by atoms with van der Waals surface area (Å²) in [5.74, 6) is 0.534. The van der Waals surface area contributed by atoms with Crippen LogP contribution in [0.2, 0.25) is 0 Å². The highest BCUT2D eigenvalue weighted by molar-refractivity contribution is 5.81. The molecule has 3 atom stereocenters. The van der Waals surface area contributed by atoms with Gasteiger partial charge in [-0.2, -0.15) is 0 Å². The average molecular weight is 335 g/mol. The summed E-state index contributed by atoms with van der Waals surface area (Å²) in [7, 11) is 1.30. The van der Waals surface area contributed by atoms with Crippen LogP contribution in [0.1, 0.15) is 45.1 Å². The second-order valence-electron chi connectivity index (χ2n) is 7.04. The molecule has 0 spiro atoms. The molecule has 132 valence electrons. The summed E-state index contributed by atoms with van der Waals surface area (Å²) in [5, 5.41) is 2.60. The molecule has 3 unspecified atom stereocenters.